The van der Waals surface area contributed by atoms with Crippen LogP contribution < -0.4 is 4.74 Å². The number of rotatable bonds is 8. The molecule has 0 bridgehead atoms. The lowest BCUT2D eigenvalue weighted by Crippen LogP contribution is -2.32. The maximum absolute atomic E-state index is 13.6. The molecule has 5 rings (SSSR count). The zero-order valence-corrected chi connectivity index (χ0v) is 18.5. The summed E-state index contributed by atoms with van der Waals surface area (Å²) in [6.45, 7) is 0.988. The van der Waals surface area contributed by atoms with Gasteiger partial charge in [-0.15, -0.1) is 0 Å². The molecule has 0 saturated heterocycles. The highest BCUT2D eigenvalue weighted by molar-refractivity contribution is 6.16. The van der Waals surface area contributed by atoms with E-state index in [4.69, 9.17) is 9.15 Å². The van der Waals surface area contributed by atoms with Crippen LogP contribution in [0.15, 0.2) is 89.1 Å². The molecule has 0 fully saturated rings. The van der Waals surface area contributed by atoms with Crippen LogP contribution in [0.25, 0.3) is 11.0 Å². The second-order valence-corrected chi connectivity index (χ2v) is 8.07. The fraction of sp³-hybridized carbons (Fsp3) is 0.192. The summed E-state index contributed by atoms with van der Waals surface area (Å²) in [4.78, 5) is 32.2. The molecule has 1 unspecified atom stereocenters. The minimum atomic E-state index is -0.748. The number of Topliss-reactive ketones (excluding diaryl/α,β-unsaturated/α-hetero) is 1. The van der Waals surface area contributed by atoms with Gasteiger partial charge in [0.1, 0.15) is 11.3 Å². The molecule has 1 atom stereocenters. The molecular formula is C26H23N3O5. The summed E-state index contributed by atoms with van der Waals surface area (Å²) in [5, 5.41) is 11.6. The summed E-state index contributed by atoms with van der Waals surface area (Å²) >= 11 is 0. The molecule has 8 nitrogen and oxygen atoms in total. The van der Waals surface area contributed by atoms with Crippen molar-refractivity contribution in [2.24, 2.45) is 0 Å². The number of fused-ring (bicyclic) bond motifs is 1. The topological polar surface area (TPSA) is 97.8 Å². The Morgan fingerprint density at radius 1 is 1.15 bits per heavy atom. The zero-order valence-electron chi connectivity index (χ0n) is 18.5. The Kier molecular flexibility index (Phi) is 5.63. The molecule has 1 N–H and O–H groups in total. The van der Waals surface area contributed by atoms with Gasteiger partial charge in [0.05, 0.1) is 25.1 Å². The Labute approximate surface area is 195 Å². The van der Waals surface area contributed by atoms with Crippen LogP contribution in [0.4, 0.5) is 0 Å². The highest BCUT2D eigenvalue weighted by Crippen LogP contribution is 2.40. The van der Waals surface area contributed by atoms with Gasteiger partial charge in [-0.05, 0) is 36.2 Å². The predicted molar refractivity (Wildman–Crippen MR) is 124 cm³/mol. The van der Waals surface area contributed by atoms with Gasteiger partial charge in [-0.3, -0.25) is 9.59 Å². The van der Waals surface area contributed by atoms with Crippen LogP contribution in [0.3, 0.4) is 0 Å². The first-order valence-corrected chi connectivity index (χ1v) is 10.9. The number of aromatic nitrogens is 2. The van der Waals surface area contributed by atoms with Crippen LogP contribution in [0.5, 0.6) is 5.75 Å². The number of hydrogen-bond acceptors (Lipinski definition) is 6. The fourth-order valence-electron chi connectivity index (χ4n) is 4.32. The summed E-state index contributed by atoms with van der Waals surface area (Å²) in [7, 11) is 1.57. The molecule has 1 aliphatic heterocycles. The summed E-state index contributed by atoms with van der Waals surface area (Å²) in [6.07, 6.45) is 5.87. The number of hydrogen-bond donors (Lipinski definition) is 1. The third kappa shape index (κ3) is 3.83. The van der Waals surface area contributed by atoms with Crippen LogP contribution in [0.1, 0.15) is 28.6 Å². The molecule has 3 heterocycles. The third-order valence-electron chi connectivity index (χ3n) is 6.00. The SMILES string of the molecule is COc1ccc(C2C(C(=O)c3cc4ccccc4o3)=C(O)C(=O)N2CCCn2ccnc2)cc1. The number of amides is 1. The van der Waals surface area contributed by atoms with Crippen molar-refractivity contribution in [2.45, 2.75) is 19.0 Å². The first-order chi connectivity index (χ1) is 16.6. The molecule has 4 aromatic rings. The number of aliphatic hydroxyl groups excluding tert-OH is 1. The molecule has 34 heavy (non-hydrogen) atoms. The number of ether oxygens (including phenoxy) is 1. The number of benzene rings is 2. The summed E-state index contributed by atoms with van der Waals surface area (Å²) in [6, 6.07) is 15.3. The van der Waals surface area contributed by atoms with E-state index in [9.17, 15) is 14.7 Å². The molecule has 172 valence electrons. The van der Waals surface area contributed by atoms with E-state index in [1.165, 1.54) is 4.90 Å². The molecule has 0 saturated carbocycles. The van der Waals surface area contributed by atoms with Gasteiger partial charge in [-0.2, -0.15) is 0 Å². The number of para-hydroxylation sites is 1. The zero-order chi connectivity index (χ0) is 23.7. The molecule has 1 amide bonds. The fourth-order valence-corrected chi connectivity index (χ4v) is 4.32. The molecule has 2 aromatic heterocycles. The summed E-state index contributed by atoms with van der Waals surface area (Å²) in [5.41, 5.74) is 1.27. The van der Waals surface area contributed by atoms with Crippen LogP contribution in [0.2, 0.25) is 0 Å². The van der Waals surface area contributed by atoms with Crippen molar-refractivity contribution in [3.8, 4) is 5.75 Å². The van der Waals surface area contributed by atoms with E-state index >= 15 is 0 Å². The van der Waals surface area contributed by atoms with Gasteiger partial charge < -0.3 is 23.7 Å². The van der Waals surface area contributed by atoms with E-state index in [0.717, 1.165) is 5.39 Å². The van der Waals surface area contributed by atoms with Gasteiger partial charge in [0.2, 0.25) is 5.78 Å². The van der Waals surface area contributed by atoms with Crippen molar-refractivity contribution in [2.75, 3.05) is 13.7 Å². The molecule has 2 aromatic carbocycles. The van der Waals surface area contributed by atoms with Crippen molar-refractivity contribution < 1.29 is 23.8 Å². The number of nitrogens with zero attached hydrogens (tertiary/aromatic N) is 3. The molecule has 0 radical (unpaired) electrons. The van der Waals surface area contributed by atoms with Crippen LogP contribution in [0, 0.1) is 0 Å². The monoisotopic (exact) mass is 457 g/mol. The molecule has 1 aliphatic rings. The standard InChI is InChI=1S/C26H23N3O5/c1-33-19-9-7-17(8-10-19)23-22(24(30)21-15-18-5-2-3-6-20(18)34-21)25(31)26(32)29(23)13-4-12-28-14-11-27-16-28/h2-3,5-11,14-16,23,31H,4,12-13H2,1H3. The number of furan rings is 1. The average Bonchev–Trinajstić information content (AvgIpc) is 3.59. The maximum atomic E-state index is 13.6. The van der Waals surface area contributed by atoms with E-state index in [1.54, 1.807) is 56.0 Å². The van der Waals surface area contributed by atoms with Crippen molar-refractivity contribution in [3.05, 3.63) is 96.0 Å². The first kappa shape index (κ1) is 21.5. The van der Waals surface area contributed by atoms with Crippen LogP contribution >= 0.6 is 0 Å². The van der Waals surface area contributed by atoms with Gasteiger partial charge in [-0.25, -0.2) is 4.98 Å². The Bertz CT molecular complexity index is 1340. The van der Waals surface area contributed by atoms with Crippen LogP contribution in [-0.4, -0.2) is 44.9 Å². The lowest BCUT2D eigenvalue weighted by atomic mass is 9.95. The quantitative estimate of drug-likeness (QED) is 0.396. The summed E-state index contributed by atoms with van der Waals surface area (Å²) in [5.74, 6) is -0.910. The van der Waals surface area contributed by atoms with Gasteiger partial charge in [0, 0.05) is 30.9 Å². The lowest BCUT2D eigenvalue weighted by Gasteiger charge is -2.27. The average molecular weight is 457 g/mol. The van der Waals surface area contributed by atoms with Crippen molar-refractivity contribution >= 4 is 22.7 Å². The second kappa shape index (κ2) is 8.90. The van der Waals surface area contributed by atoms with Crippen molar-refractivity contribution in [3.63, 3.8) is 0 Å². The van der Waals surface area contributed by atoms with Crippen molar-refractivity contribution in [1.82, 2.24) is 14.5 Å². The molecule has 8 heteroatoms. The second-order valence-electron chi connectivity index (χ2n) is 8.07. The minimum absolute atomic E-state index is 0.0110. The Hall–Kier alpha value is -4.33. The molecule has 0 spiro atoms. The minimum Gasteiger partial charge on any atom is -0.503 e. The van der Waals surface area contributed by atoms with Gasteiger partial charge >= 0.3 is 0 Å². The van der Waals surface area contributed by atoms with E-state index in [-0.39, 0.29) is 11.3 Å². The maximum Gasteiger partial charge on any atom is 0.290 e. The number of aliphatic hydroxyl groups is 1. The van der Waals surface area contributed by atoms with Crippen molar-refractivity contribution in [1.29, 1.82) is 0 Å². The van der Waals surface area contributed by atoms with Gasteiger partial charge in [0.15, 0.2) is 11.5 Å². The van der Waals surface area contributed by atoms with E-state index in [1.807, 2.05) is 29.0 Å². The number of ketones is 1. The number of imidazole rings is 1. The smallest absolute Gasteiger partial charge is 0.290 e. The Morgan fingerprint density at radius 2 is 1.94 bits per heavy atom. The van der Waals surface area contributed by atoms with E-state index in [2.05, 4.69) is 4.98 Å². The lowest BCUT2D eigenvalue weighted by molar-refractivity contribution is -0.129. The first-order valence-electron chi connectivity index (χ1n) is 10.9. The van der Waals surface area contributed by atoms with Gasteiger partial charge in [-0.1, -0.05) is 30.3 Å². The third-order valence-corrected chi connectivity index (χ3v) is 6.00. The van der Waals surface area contributed by atoms with E-state index in [0.29, 0.717) is 36.4 Å². The normalized spacial score (nSPS) is 16.0. The molecule has 0 aliphatic carbocycles. The number of aryl methyl sites for hydroxylation is 1. The van der Waals surface area contributed by atoms with Gasteiger partial charge in [0.25, 0.3) is 5.91 Å². The summed E-state index contributed by atoms with van der Waals surface area (Å²) < 4.78 is 12.9. The number of methoxy groups -OCH3 is 1. The number of carbonyl (C=O) groups excluding carboxylic acids is 2. The highest BCUT2D eigenvalue weighted by Gasteiger charge is 2.44. The Morgan fingerprint density at radius 3 is 2.65 bits per heavy atom. The Balaban J connectivity index is 1.50. The number of carbonyl (C=O) groups is 2. The largest absolute Gasteiger partial charge is 0.503 e. The predicted octanol–water partition coefficient (Wildman–Crippen LogP) is 4.31. The van der Waals surface area contributed by atoms with E-state index < -0.39 is 23.5 Å². The van der Waals surface area contributed by atoms with Crippen LogP contribution in [-0.2, 0) is 11.3 Å². The highest BCUT2D eigenvalue weighted by atomic mass is 16.5. The molecular weight excluding hydrogens is 434 g/mol.